The molecule has 0 saturated carbocycles. The fraction of sp³-hybridized carbons (Fsp3) is 0.308. The second-order valence-electron chi connectivity index (χ2n) is 8.71. The van der Waals surface area contributed by atoms with Gasteiger partial charge in [-0.15, -0.1) is 12.4 Å². The zero-order valence-electron chi connectivity index (χ0n) is 20.1. The Bertz CT molecular complexity index is 1250. The van der Waals surface area contributed by atoms with Gasteiger partial charge in [0.05, 0.1) is 17.7 Å². The Morgan fingerprint density at radius 3 is 2.20 bits per heavy atom. The van der Waals surface area contributed by atoms with Crippen LogP contribution in [0.2, 0.25) is 0 Å². The summed E-state index contributed by atoms with van der Waals surface area (Å²) < 4.78 is 47.6. The number of ether oxygens (including phenoxy) is 1. The predicted octanol–water partition coefficient (Wildman–Crippen LogP) is 4.72. The summed E-state index contributed by atoms with van der Waals surface area (Å²) in [6.45, 7) is 2.47. The molecule has 0 atom stereocenters. The molecule has 0 aliphatic carbocycles. The van der Waals surface area contributed by atoms with Crippen molar-refractivity contribution in [1.82, 2.24) is 4.90 Å². The third-order valence-corrected chi connectivity index (χ3v) is 7.59. The van der Waals surface area contributed by atoms with E-state index in [1.165, 1.54) is 17.7 Å². The van der Waals surface area contributed by atoms with Crippen molar-refractivity contribution in [3.8, 4) is 5.75 Å². The highest BCUT2D eigenvalue weighted by atomic mass is 35.5. The van der Waals surface area contributed by atoms with E-state index in [9.17, 15) is 12.8 Å². The average Bonchev–Trinajstić information content (AvgIpc) is 3.01. The molecule has 1 aliphatic heterocycles. The van der Waals surface area contributed by atoms with E-state index in [-0.39, 0.29) is 23.1 Å². The summed E-state index contributed by atoms with van der Waals surface area (Å²) in [5.41, 5.74) is 4.60. The molecular formula is C26H31ClFN3O3S. The van der Waals surface area contributed by atoms with Gasteiger partial charge in [-0.05, 0) is 85.1 Å². The zero-order chi connectivity index (χ0) is 24.3. The molecule has 0 spiro atoms. The first kappa shape index (κ1) is 26.8. The minimum atomic E-state index is -3.80. The quantitative estimate of drug-likeness (QED) is 0.489. The van der Waals surface area contributed by atoms with Crippen LogP contribution in [0.5, 0.6) is 5.75 Å². The molecule has 4 rings (SSSR count). The highest BCUT2D eigenvalue weighted by Gasteiger charge is 2.20. The molecule has 0 bridgehead atoms. The Kier molecular flexibility index (Phi) is 8.64. The van der Waals surface area contributed by atoms with Gasteiger partial charge in [0.15, 0.2) is 0 Å². The number of nitrogens with zero attached hydrogens (tertiary/aromatic N) is 2. The first-order valence-electron chi connectivity index (χ1n) is 11.2. The van der Waals surface area contributed by atoms with Gasteiger partial charge in [0.2, 0.25) is 0 Å². The number of hydrogen-bond donors (Lipinski definition) is 1. The number of anilines is 2. The van der Waals surface area contributed by atoms with E-state index in [2.05, 4.69) is 16.7 Å². The second-order valence-corrected chi connectivity index (χ2v) is 10.4. The molecule has 188 valence electrons. The number of likely N-dealkylation sites (N-methyl/N-ethyl adjacent to an activating group) is 1. The monoisotopic (exact) mass is 519 g/mol. The Morgan fingerprint density at radius 2 is 1.60 bits per heavy atom. The van der Waals surface area contributed by atoms with E-state index in [1.54, 1.807) is 43.5 Å². The summed E-state index contributed by atoms with van der Waals surface area (Å²) in [6.07, 6.45) is 1.77. The molecule has 0 unspecified atom stereocenters. The van der Waals surface area contributed by atoms with Crippen LogP contribution in [0.1, 0.15) is 16.7 Å². The smallest absolute Gasteiger partial charge is 0.262 e. The van der Waals surface area contributed by atoms with Crippen molar-refractivity contribution in [2.24, 2.45) is 0 Å². The van der Waals surface area contributed by atoms with Crippen molar-refractivity contribution < 1.29 is 17.5 Å². The van der Waals surface area contributed by atoms with E-state index >= 15 is 0 Å². The summed E-state index contributed by atoms with van der Waals surface area (Å²) in [7, 11) is 1.75. The van der Waals surface area contributed by atoms with Gasteiger partial charge in [0, 0.05) is 32.4 Å². The minimum absolute atomic E-state index is 0. The van der Waals surface area contributed by atoms with Crippen molar-refractivity contribution in [2.75, 3.05) is 43.9 Å². The Labute approximate surface area is 213 Å². The van der Waals surface area contributed by atoms with Crippen LogP contribution >= 0.6 is 12.4 Å². The molecule has 1 heterocycles. The van der Waals surface area contributed by atoms with Crippen molar-refractivity contribution in [3.63, 3.8) is 0 Å². The predicted molar refractivity (Wildman–Crippen MR) is 141 cm³/mol. The lowest BCUT2D eigenvalue weighted by Crippen LogP contribution is -2.20. The number of methoxy groups -OCH3 is 1. The molecule has 1 N–H and O–H groups in total. The first-order valence-corrected chi connectivity index (χ1v) is 12.7. The Balaban J connectivity index is 0.00000342. The van der Waals surface area contributed by atoms with Gasteiger partial charge in [-0.1, -0.05) is 12.1 Å². The molecular weight excluding hydrogens is 489 g/mol. The molecule has 0 amide bonds. The number of rotatable bonds is 7. The lowest BCUT2D eigenvalue weighted by atomic mass is 10.0. The highest BCUT2D eigenvalue weighted by molar-refractivity contribution is 7.92. The molecule has 3 aromatic rings. The molecule has 35 heavy (non-hydrogen) atoms. The number of halogens is 2. The number of sulfonamides is 1. The van der Waals surface area contributed by atoms with Crippen LogP contribution in [0.25, 0.3) is 0 Å². The van der Waals surface area contributed by atoms with E-state index in [0.29, 0.717) is 18.0 Å². The number of fused-ring (bicyclic) bond motifs is 1. The van der Waals surface area contributed by atoms with Crippen LogP contribution in [0.4, 0.5) is 15.8 Å². The van der Waals surface area contributed by atoms with Gasteiger partial charge in [0.25, 0.3) is 10.0 Å². The molecule has 9 heteroatoms. The van der Waals surface area contributed by atoms with Crippen LogP contribution < -0.4 is 14.4 Å². The van der Waals surface area contributed by atoms with Gasteiger partial charge in [-0.25, -0.2) is 12.8 Å². The Morgan fingerprint density at radius 1 is 1.00 bits per heavy atom. The first-order chi connectivity index (χ1) is 16.2. The zero-order valence-corrected chi connectivity index (χ0v) is 21.8. The van der Waals surface area contributed by atoms with Gasteiger partial charge in [-0.3, -0.25) is 4.72 Å². The summed E-state index contributed by atoms with van der Waals surface area (Å²) in [5, 5.41) is 0. The van der Waals surface area contributed by atoms with E-state index < -0.39 is 10.0 Å². The van der Waals surface area contributed by atoms with E-state index in [4.69, 9.17) is 4.74 Å². The fourth-order valence-corrected chi connectivity index (χ4v) is 5.21. The molecule has 0 radical (unpaired) electrons. The van der Waals surface area contributed by atoms with Gasteiger partial charge in [0.1, 0.15) is 11.6 Å². The van der Waals surface area contributed by atoms with E-state index in [0.717, 1.165) is 42.7 Å². The van der Waals surface area contributed by atoms with Gasteiger partial charge < -0.3 is 14.5 Å². The molecule has 3 aromatic carbocycles. The minimum Gasteiger partial charge on any atom is -0.495 e. The standard InChI is InChI=1S/C26H30FN3O3S.ClH/c1-29-14-12-20-16-25(26(33-3)17-21(20)13-15-29)28-34(31,32)24-10-8-23(9-11-24)30(2)18-19-4-6-22(27)7-5-19;/h4-11,16-17,28H,12-15,18H2,1-3H3;1H. The fourth-order valence-electron chi connectivity index (χ4n) is 4.15. The third-order valence-electron chi connectivity index (χ3n) is 6.21. The average molecular weight is 520 g/mol. The molecule has 0 saturated heterocycles. The third kappa shape index (κ3) is 6.45. The van der Waals surface area contributed by atoms with Crippen LogP contribution in [0.15, 0.2) is 65.6 Å². The van der Waals surface area contributed by atoms with E-state index in [1.807, 2.05) is 24.1 Å². The lowest BCUT2D eigenvalue weighted by molar-refractivity contribution is 0.352. The molecule has 0 fully saturated rings. The maximum Gasteiger partial charge on any atom is 0.262 e. The van der Waals surface area contributed by atoms with Crippen LogP contribution in [-0.4, -0.2) is 47.6 Å². The Hall–Kier alpha value is -2.81. The van der Waals surface area contributed by atoms with Crippen LogP contribution in [-0.2, 0) is 29.4 Å². The van der Waals surface area contributed by atoms with Crippen LogP contribution in [0, 0.1) is 5.82 Å². The van der Waals surface area contributed by atoms with Crippen molar-refractivity contribution >= 4 is 33.8 Å². The second kappa shape index (κ2) is 11.3. The summed E-state index contributed by atoms with van der Waals surface area (Å²) in [6, 6.07) is 16.9. The number of nitrogens with one attached hydrogen (secondary N) is 1. The highest BCUT2D eigenvalue weighted by Crippen LogP contribution is 2.32. The van der Waals surface area contributed by atoms with Crippen LogP contribution in [0.3, 0.4) is 0 Å². The number of hydrogen-bond acceptors (Lipinski definition) is 5. The number of benzene rings is 3. The maximum atomic E-state index is 13.1. The lowest BCUT2D eigenvalue weighted by Gasteiger charge is -2.20. The van der Waals surface area contributed by atoms with Gasteiger partial charge >= 0.3 is 0 Å². The van der Waals surface area contributed by atoms with Crippen molar-refractivity contribution in [1.29, 1.82) is 0 Å². The summed E-state index contributed by atoms with van der Waals surface area (Å²) in [5.74, 6) is 0.245. The topological polar surface area (TPSA) is 61.9 Å². The largest absolute Gasteiger partial charge is 0.495 e. The maximum absolute atomic E-state index is 13.1. The molecule has 6 nitrogen and oxygen atoms in total. The summed E-state index contributed by atoms with van der Waals surface area (Å²) in [4.78, 5) is 4.41. The van der Waals surface area contributed by atoms with Crippen molar-refractivity contribution in [3.05, 3.63) is 83.2 Å². The van der Waals surface area contributed by atoms with Gasteiger partial charge in [-0.2, -0.15) is 0 Å². The molecule has 0 aromatic heterocycles. The summed E-state index contributed by atoms with van der Waals surface area (Å²) >= 11 is 0. The molecule has 1 aliphatic rings. The van der Waals surface area contributed by atoms with Crippen molar-refractivity contribution in [2.45, 2.75) is 24.3 Å². The normalized spacial score (nSPS) is 13.8. The SMILES string of the molecule is COc1cc2c(cc1NS(=O)(=O)c1ccc(N(C)Cc3ccc(F)cc3)cc1)CCN(C)CC2.Cl.